The van der Waals surface area contributed by atoms with Crippen LogP contribution in [-0.2, 0) is 0 Å². The average Bonchev–Trinajstić information content (AvgIpc) is 3.16. The minimum Gasteiger partial charge on any atom is -0.410 e. The maximum Gasteiger partial charge on any atom is 0.417 e. The minimum absolute atomic E-state index is 0.0783. The van der Waals surface area contributed by atoms with E-state index in [9.17, 15) is 9.59 Å². The number of carbonyl (C=O) groups is 2. The van der Waals surface area contributed by atoms with Crippen LogP contribution in [0.4, 0.5) is 16.2 Å². The van der Waals surface area contributed by atoms with Crippen molar-refractivity contribution in [3.63, 3.8) is 0 Å². The first kappa shape index (κ1) is 16.7. The third-order valence-electron chi connectivity index (χ3n) is 3.49. The van der Waals surface area contributed by atoms with E-state index in [0.717, 1.165) is 0 Å². The molecule has 0 saturated heterocycles. The molecule has 3 aromatic rings. The van der Waals surface area contributed by atoms with Crippen molar-refractivity contribution in [2.45, 2.75) is 0 Å². The number of rotatable bonds is 4. The Labute approximate surface area is 149 Å². The molecule has 3 rings (SSSR count). The summed E-state index contributed by atoms with van der Waals surface area (Å²) in [5.41, 5.74) is 1.37. The van der Waals surface area contributed by atoms with Crippen LogP contribution < -0.4 is 15.0 Å². The van der Waals surface area contributed by atoms with Crippen LogP contribution in [0.25, 0.3) is 0 Å². The topological polar surface area (TPSA) is 58.6 Å². The summed E-state index contributed by atoms with van der Waals surface area (Å²) < 4.78 is 5.23. The van der Waals surface area contributed by atoms with E-state index in [1.54, 1.807) is 54.4 Å². The van der Waals surface area contributed by atoms with Gasteiger partial charge in [-0.2, -0.15) is 0 Å². The highest BCUT2D eigenvalue weighted by atomic mass is 32.1. The molecule has 25 heavy (non-hydrogen) atoms. The van der Waals surface area contributed by atoms with Gasteiger partial charge in [0.2, 0.25) is 0 Å². The quantitative estimate of drug-likeness (QED) is 0.744. The highest BCUT2D eigenvalue weighted by Gasteiger charge is 2.14. The number of hydrogen-bond donors (Lipinski definition) is 1. The zero-order valence-corrected chi connectivity index (χ0v) is 14.3. The zero-order chi connectivity index (χ0) is 17.6. The average molecular weight is 352 g/mol. The summed E-state index contributed by atoms with van der Waals surface area (Å²) in [5.74, 6) is 0.319. The second-order valence-electron chi connectivity index (χ2n) is 5.22. The van der Waals surface area contributed by atoms with Gasteiger partial charge >= 0.3 is 6.09 Å². The Bertz CT molecular complexity index is 846. The van der Waals surface area contributed by atoms with Crippen molar-refractivity contribution in [1.82, 2.24) is 0 Å². The Hall–Kier alpha value is -3.12. The van der Waals surface area contributed by atoms with Crippen LogP contribution >= 0.6 is 11.3 Å². The van der Waals surface area contributed by atoms with Crippen LogP contribution in [0.1, 0.15) is 9.67 Å². The molecule has 0 aliphatic heterocycles. The lowest BCUT2D eigenvalue weighted by atomic mass is 10.2. The van der Waals surface area contributed by atoms with Crippen LogP contribution in [0.2, 0.25) is 0 Å². The smallest absolute Gasteiger partial charge is 0.410 e. The van der Waals surface area contributed by atoms with Crippen LogP contribution in [0.5, 0.6) is 5.75 Å². The zero-order valence-electron chi connectivity index (χ0n) is 13.5. The number of anilines is 2. The molecule has 0 saturated carbocycles. The van der Waals surface area contributed by atoms with Gasteiger partial charge in [0.1, 0.15) is 5.75 Å². The number of nitrogens with zero attached hydrogens (tertiary/aromatic N) is 1. The molecule has 0 aliphatic rings. The van der Waals surface area contributed by atoms with Crippen molar-refractivity contribution in [3.8, 4) is 5.75 Å². The van der Waals surface area contributed by atoms with Gasteiger partial charge in [0.05, 0.1) is 4.88 Å². The highest BCUT2D eigenvalue weighted by molar-refractivity contribution is 7.12. The number of benzene rings is 2. The first-order chi connectivity index (χ1) is 12.1. The molecule has 1 aromatic heterocycles. The second kappa shape index (κ2) is 7.63. The molecule has 2 amide bonds. The molecular weight excluding hydrogens is 336 g/mol. The monoisotopic (exact) mass is 352 g/mol. The first-order valence-corrected chi connectivity index (χ1v) is 8.47. The fourth-order valence-electron chi connectivity index (χ4n) is 2.19. The standard InChI is InChI=1S/C19H16N2O3S/c1-21(18(22)17-8-5-13-25-17)15-9-11-16(12-10-15)24-19(23)20-14-6-3-2-4-7-14/h2-13H,1H3,(H,20,23). The van der Waals surface area contributed by atoms with Gasteiger partial charge in [-0.1, -0.05) is 24.3 Å². The third kappa shape index (κ3) is 4.24. The fourth-order valence-corrected chi connectivity index (χ4v) is 2.89. The predicted octanol–water partition coefficient (Wildman–Crippen LogP) is 4.64. The van der Waals surface area contributed by atoms with Gasteiger partial charge in [-0.25, -0.2) is 4.79 Å². The Morgan fingerprint density at radius 1 is 0.960 bits per heavy atom. The van der Waals surface area contributed by atoms with Crippen LogP contribution in [-0.4, -0.2) is 19.0 Å². The van der Waals surface area contributed by atoms with E-state index in [0.29, 0.717) is 22.0 Å². The van der Waals surface area contributed by atoms with Crippen LogP contribution in [0.15, 0.2) is 72.1 Å². The lowest BCUT2D eigenvalue weighted by molar-refractivity contribution is 0.0996. The largest absolute Gasteiger partial charge is 0.417 e. The van der Waals surface area contributed by atoms with Gasteiger partial charge in [0.25, 0.3) is 5.91 Å². The second-order valence-corrected chi connectivity index (χ2v) is 6.16. The summed E-state index contributed by atoms with van der Waals surface area (Å²) in [7, 11) is 1.71. The van der Waals surface area contributed by atoms with Gasteiger partial charge in [-0.3, -0.25) is 10.1 Å². The van der Waals surface area contributed by atoms with Crippen molar-refractivity contribution in [2.24, 2.45) is 0 Å². The predicted molar refractivity (Wildman–Crippen MR) is 99.6 cm³/mol. The minimum atomic E-state index is -0.568. The molecule has 0 unspecified atom stereocenters. The summed E-state index contributed by atoms with van der Waals surface area (Å²) in [6.45, 7) is 0. The van der Waals surface area contributed by atoms with Gasteiger partial charge in [0, 0.05) is 18.4 Å². The van der Waals surface area contributed by atoms with E-state index in [1.807, 2.05) is 29.6 Å². The van der Waals surface area contributed by atoms with E-state index in [1.165, 1.54) is 11.3 Å². The van der Waals surface area contributed by atoms with E-state index in [2.05, 4.69) is 5.32 Å². The third-order valence-corrected chi connectivity index (χ3v) is 4.35. The normalized spacial score (nSPS) is 10.1. The molecule has 1 heterocycles. The number of amides is 2. The molecule has 0 fully saturated rings. The maximum atomic E-state index is 12.3. The summed E-state index contributed by atoms with van der Waals surface area (Å²) in [4.78, 5) is 26.4. The Morgan fingerprint density at radius 2 is 1.68 bits per heavy atom. The number of thiophene rings is 1. The van der Waals surface area contributed by atoms with Gasteiger partial charge < -0.3 is 9.64 Å². The van der Waals surface area contributed by atoms with E-state index in [4.69, 9.17) is 4.74 Å². The van der Waals surface area contributed by atoms with Crippen molar-refractivity contribution in [3.05, 3.63) is 77.0 Å². The van der Waals surface area contributed by atoms with Gasteiger partial charge in [-0.05, 0) is 47.8 Å². The molecule has 0 radical (unpaired) electrons. The molecule has 0 atom stereocenters. The summed E-state index contributed by atoms with van der Waals surface area (Å²) >= 11 is 1.40. The van der Waals surface area contributed by atoms with Crippen molar-refractivity contribution in [2.75, 3.05) is 17.3 Å². The molecule has 5 nitrogen and oxygen atoms in total. The van der Waals surface area contributed by atoms with E-state index >= 15 is 0 Å². The molecule has 1 N–H and O–H groups in total. The SMILES string of the molecule is CN(C(=O)c1cccs1)c1ccc(OC(=O)Nc2ccccc2)cc1. The molecule has 0 bridgehead atoms. The maximum absolute atomic E-state index is 12.3. The summed E-state index contributed by atoms with van der Waals surface area (Å²) in [6, 6.07) is 19.5. The lowest BCUT2D eigenvalue weighted by Crippen LogP contribution is -2.25. The van der Waals surface area contributed by atoms with Crippen LogP contribution in [0, 0.1) is 0 Å². The summed E-state index contributed by atoms with van der Waals surface area (Å²) in [5, 5.41) is 4.50. The Morgan fingerprint density at radius 3 is 2.32 bits per heavy atom. The Balaban J connectivity index is 1.62. The van der Waals surface area contributed by atoms with Gasteiger partial charge in [0.15, 0.2) is 0 Å². The summed E-state index contributed by atoms with van der Waals surface area (Å²) in [6.07, 6.45) is -0.568. The van der Waals surface area contributed by atoms with Crippen molar-refractivity contribution >= 4 is 34.7 Å². The van der Waals surface area contributed by atoms with E-state index < -0.39 is 6.09 Å². The number of carbonyl (C=O) groups excluding carboxylic acids is 2. The molecule has 0 aliphatic carbocycles. The van der Waals surface area contributed by atoms with Crippen molar-refractivity contribution in [1.29, 1.82) is 0 Å². The van der Waals surface area contributed by atoms with Crippen LogP contribution in [0.3, 0.4) is 0 Å². The highest BCUT2D eigenvalue weighted by Crippen LogP contribution is 2.22. The van der Waals surface area contributed by atoms with Crippen molar-refractivity contribution < 1.29 is 14.3 Å². The number of ether oxygens (including phenoxy) is 1. The fraction of sp³-hybridized carbons (Fsp3) is 0.0526. The Kier molecular flexibility index (Phi) is 5.11. The molecular formula is C19H16N2O3S. The number of hydrogen-bond acceptors (Lipinski definition) is 4. The van der Waals surface area contributed by atoms with E-state index in [-0.39, 0.29) is 5.91 Å². The molecule has 0 spiro atoms. The van der Waals surface area contributed by atoms with Gasteiger partial charge in [-0.15, -0.1) is 11.3 Å². The number of nitrogens with one attached hydrogen (secondary N) is 1. The molecule has 6 heteroatoms. The first-order valence-electron chi connectivity index (χ1n) is 7.59. The number of para-hydroxylation sites is 1. The molecule has 2 aromatic carbocycles. The molecule has 126 valence electrons. The lowest BCUT2D eigenvalue weighted by Gasteiger charge is -2.16.